The molecule has 0 amide bonds. The van der Waals surface area contributed by atoms with Crippen LogP contribution in [0, 0.1) is 11.3 Å². The summed E-state index contributed by atoms with van der Waals surface area (Å²) in [5.41, 5.74) is 2.81. The van der Waals surface area contributed by atoms with Crippen molar-refractivity contribution in [3.05, 3.63) is 29.3 Å². The molecular formula is C13H14N2O2. The number of rotatable bonds is 3. The SMILES string of the molecule is CCC(C#N)Oc1ccc2c(c1)CC/C2=N\O. The zero-order chi connectivity index (χ0) is 12.3. The van der Waals surface area contributed by atoms with Crippen molar-refractivity contribution in [3.8, 4) is 11.8 Å². The molecule has 1 atom stereocenters. The Morgan fingerprint density at radius 2 is 2.35 bits per heavy atom. The summed E-state index contributed by atoms with van der Waals surface area (Å²) in [7, 11) is 0. The predicted molar refractivity (Wildman–Crippen MR) is 63.4 cm³/mol. The summed E-state index contributed by atoms with van der Waals surface area (Å²) in [6.07, 6.45) is 1.87. The van der Waals surface area contributed by atoms with Crippen LogP contribution in [0.15, 0.2) is 23.4 Å². The Hall–Kier alpha value is -2.02. The molecule has 0 aliphatic heterocycles. The molecule has 0 heterocycles. The number of nitrogens with zero attached hydrogens (tertiary/aromatic N) is 2. The topological polar surface area (TPSA) is 65.6 Å². The average molecular weight is 230 g/mol. The lowest BCUT2D eigenvalue weighted by molar-refractivity contribution is 0.251. The van der Waals surface area contributed by atoms with Crippen molar-refractivity contribution in [2.75, 3.05) is 0 Å². The van der Waals surface area contributed by atoms with Crippen LogP contribution in [0.2, 0.25) is 0 Å². The highest BCUT2D eigenvalue weighted by Gasteiger charge is 2.19. The van der Waals surface area contributed by atoms with Gasteiger partial charge in [-0.05, 0) is 43.0 Å². The number of nitriles is 1. The first kappa shape index (κ1) is 11.5. The molecule has 4 heteroatoms. The van der Waals surface area contributed by atoms with E-state index in [4.69, 9.17) is 15.2 Å². The third kappa shape index (κ3) is 2.23. The van der Waals surface area contributed by atoms with E-state index in [0.29, 0.717) is 12.2 Å². The van der Waals surface area contributed by atoms with Crippen molar-refractivity contribution in [2.45, 2.75) is 32.3 Å². The maximum atomic E-state index is 8.83. The zero-order valence-corrected chi connectivity index (χ0v) is 9.68. The normalized spacial score (nSPS) is 17.5. The van der Waals surface area contributed by atoms with E-state index in [2.05, 4.69) is 11.2 Å². The number of aryl methyl sites for hydroxylation is 1. The van der Waals surface area contributed by atoms with Crippen LogP contribution in [-0.2, 0) is 6.42 Å². The first-order valence-corrected chi connectivity index (χ1v) is 5.69. The standard InChI is InChI=1S/C13H14N2O2/c1-2-10(8-14)17-11-4-5-12-9(7-11)3-6-13(12)15-16/h4-5,7,10,16H,2-3,6H2,1H3/b15-13+. The highest BCUT2D eigenvalue weighted by atomic mass is 16.5. The van der Waals surface area contributed by atoms with Gasteiger partial charge in [-0.2, -0.15) is 5.26 Å². The number of hydrogen-bond acceptors (Lipinski definition) is 4. The van der Waals surface area contributed by atoms with Gasteiger partial charge < -0.3 is 9.94 Å². The van der Waals surface area contributed by atoms with Crippen molar-refractivity contribution < 1.29 is 9.94 Å². The van der Waals surface area contributed by atoms with Crippen LogP contribution in [0.1, 0.15) is 30.9 Å². The minimum atomic E-state index is -0.402. The van der Waals surface area contributed by atoms with Crippen molar-refractivity contribution in [1.29, 1.82) is 5.26 Å². The number of ether oxygens (including phenoxy) is 1. The molecule has 1 unspecified atom stereocenters. The van der Waals surface area contributed by atoms with Gasteiger partial charge in [0, 0.05) is 5.56 Å². The van der Waals surface area contributed by atoms with Crippen molar-refractivity contribution in [2.24, 2.45) is 5.16 Å². The summed E-state index contributed by atoms with van der Waals surface area (Å²) >= 11 is 0. The third-order valence-electron chi connectivity index (χ3n) is 2.93. The number of hydrogen-bond donors (Lipinski definition) is 1. The van der Waals surface area contributed by atoms with Crippen molar-refractivity contribution in [1.82, 2.24) is 0 Å². The largest absolute Gasteiger partial charge is 0.476 e. The molecule has 17 heavy (non-hydrogen) atoms. The number of fused-ring (bicyclic) bond motifs is 1. The van der Waals surface area contributed by atoms with Gasteiger partial charge in [-0.15, -0.1) is 0 Å². The molecule has 2 rings (SSSR count). The van der Waals surface area contributed by atoms with Gasteiger partial charge >= 0.3 is 0 Å². The molecule has 0 bridgehead atoms. The van der Waals surface area contributed by atoms with Crippen LogP contribution in [0.4, 0.5) is 0 Å². The van der Waals surface area contributed by atoms with Gasteiger partial charge in [-0.3, -0.25) is 0 Å². The summed E-state index contributed by atoms with van der Waals surface area (Å²) in [6.45, 7) is 1.91. The van der Waals surface area contributed by atoms with E-state index >= 15 is 0 Å². The quantitative estimate of drug-likeness (QED) is 0.640. The van der Waals surface area contributed by atoms with Crippen LogP contribution in [0.5, 0.6) is 5.75 Å². The Kier molecular flexibility index (Phi) is 3.29. The molecule has 0 spiro atoms. The van der Waals surface area contributed by atoms with E-state index in [1.54, 1.807) is 0 Å². The molecule has 1 aliphatic carbocycles. The minimum absolute atomic E-state index is 0.402. The highest BCUT2D eigenvalue weighted by molar-refractivity contribution is 6.04. The molecule has 0 radical (unpaired) electrons. The average Bonchev–Trinajstić information content (AvgIpc) is 2.78. The minimum Gasteiger partial charge on any atom is -0.476 e. The van der Waals surface area contributed by atoms with E-state index in [9.17, 15) is 0 Å². The van der Waals surface area contributed by atoms with E-state index < -0.39 is 6.10 Å². The van der Waals surface area contributed by atoms with Gasteiger partial charge in [0.15, 0.2) is 6.10 Å². The van der Waals surface area contributed by atoms with Crippen LogP contribution < -0.4 is 4.74 Å². The van der Waals surface area contributed by atoms with Gasteiger partial charge in [0.25, 0.3) is 0 Å². The first-order chi connectivity index (χ1) is 8.28. The van der Waals surface area contributed by atoms with Gasteiger partial charge in [0.2, 0.25) is 0 Å². The second-order valence-corrected chi connectivity index (χ2v) is 4.01. The van der Waals surface area contributed by atoms with Crippen molar-refractivity contribution >= 4 is 5.71 Å². The van der Waals surface area contributed by atoms with Crippen LogP contribution in [0.25, 0.3) is 0 Å². The van der Waals surface area contributed by atoms with Crippen LogP contribution >= 0.6 is 0 Å². The van der Waals surface area contributed by atoms with Crippen LogP contribution in [0.3, 0.4) is 0 Å². The fourth-order valence-electron chi connectivity index (χ4n) is 1.99. The molecule has 1 aromatic rings. The smallest absolute Gasteiger partial charge is 0.184 e. The number of oxime groups is 1. The Labute approximate surface area is 100 Å². The molecule has 88 valence electrons. The van der Waals surface area contributed by atoms with Gasteiger partial charge in [-0.25, -0.2) is 0 Å². The van der Waals surface area contributed by atoms with Gasteiger partial charge in [0.1, 0.15) is 11.8 Å². The lowest BCUT2D eigenvalue weighted by atomic mass is 10.1. The second kappa shape index (κ2) is 4.88. The maximum Gasteiger partial charge on any atom is 0.184 e. The fourth-order valence-corrected chi connectivity index (χ4v) is 1.99. The lowest BCUT2D eigenvalue weighted by Gasteiger charge is -2.11. The summed E-state index contributed by atoms with van der Waals surface area (Å²) < 4.78 is 5.54. The Balaban J connectivity index is 2.22. The molecule has 4 nitrogen and oxygen atoms in total. The monoisotopic (exact) mass is 230 g/mol. The Morgan fingerprint density at radius 3 is 3.00 bits per heavy atom. The zero-order valence-electron chi connectivity index (χ0n) is 9.68. The van der Waals surface area contributed by atoms with Gasteiger partial charge in [0.05, 0.1) is 5.71 Å². The lowest BCUT2D eigenvalue weighted by Crippen LogP contribution is -2.12. The summed E-state index contributed by atoms with van der Waals surface area (Å²) in [5, 5.41) is 20.9. The highest BCUT2D eigenvalue weighted by Crippen LogP contribution is 2.27. The van der Waals surface area contributed by atoms with Crippen LogP contribution in [-0.4, -0.2) is 17.0 Å². The molecular weight excluding hydrogens is 216 g/mol. The number of benzene rings is 1. The molecule has 1 aromatic carbocycles. The third-order valence-corrected chi connectivity index (χ3v) is 2.93. The molecule has 1 N–H and O–H groups in total. The summed E-state index contributed by atoms with van der Waals surface area (Å²) in [4.78, 5) is 0. The second-order valence-electron chi connectivity index (χ2n) is 4.01. The maximum absolute atomic E-state index is 8.83. The van der Waals surface area contributed by atoms with E-state index in [1.165, 1.54) is 0 Å². The molecule has 0 aromatic heterocycles. The fraction of sp³-hybridized carbons (Fsp3) is 0.385. The first-order valence-electron chi connectivity index (χ1n) is 5.69. The molecule has 0 saturated carbocycles. The molecule has 0 saturated heterocycles. The summed E-state index contributed by atoms with van der Waals surface area (Å²) in [5.74, 6) is 0.705. The van der Waals surface area contributed by atoms with E-state index in [-0.39, 0.29) is 0 Å². The molecule has 1 aliphatic rings. The predicted octanol–water partition coefficient (Wildman–Crippen LogP) is 2.49. The van der Waals surface area contributed by atoms with Gasteiger partial charge in [-0.1, -0.05) is 12.1 Å². The molecule has 0 fully saturated rings. The summed E-state index contributed by atoms with van der Waals surface area (Å²) in [6, 6.07) is 7.73. The van der Waals surface area contributed by atoms with E-state index in [0.717, 1.165) is 29.7 Å². The Bertz CT molecular complexity index is 489. The van der Waals surface area contributed by atoms with E-state index in [1.807, 2.05) is 25.1 Å². The Morgan fingerprint density at radius 1 is 1.53 bits per heavy atom. The van der Waals surface area contributed by atoms with Crippen molar-refractivity contribution in [3.63, 3.8) is 0 Å².